The minimum Gasteiger partial charge on any atom is -0.331 e. The van der Waals surface area contributed by atoms with Crippen molar-refractivity contribution in [2.75, 3.05) is 13.1 Å². The number of nitrogens with zero attached hydrogens (tertiary/aromatic N) is 2. The van der Waals surface area contributed by atoms with Crippen molar-refractivity contribution in [1.29, 1.82) is 0 Å². The smallest absolute Gasteiger partial charge is 0.331 e. The predicted octanol–water partition coefficient (Wildman–Crippen LogP) is 1.68. The van der Waals surface area contributed by atoms with Crippen molar-refractivity contribution in [2.45, 2.75) is 25.7 Å². The molecule has 0 bridgehead atoms. The first-order valence-corrected chi connectivity index (χ1v) is 6.70. The van der Waals surface area contributed by atoms with Crippen LogP contribution in [0.25, 0.3) is 0 Å². The van der Waals surface area contributed by atoms with Crippen LogP contribution in [-0.4, -0.2) is 34.8 Å². The lowest BCUT2D eigenvalue weighted by Crippen LogP contribution is -2.44. The maximum atomic E-state index is 12.2. The molecule has 1 unspecified atom stereocenters. The van der Waals surface area contributed by atoms with E-state index in [-0.39, 0.29) is 18.4 Å². The maximum absolute atomic E-state index is 12.2. The van der Waals surface area contributed by atoms with E-state index in [0.29, 0.717) is 6.54 Å². The van der Waals surface area contributed by atoms with Crippen LogP contribution in [0.5, 0.6) is 0 Å². The van der Waals surface area contributed by atoms with Crippen LogP contribution in [-0.2, 0) is 21.0 Å². The molecule has 1 aliphatic rings. The van der Waals surface area contributed by atoms with Gasteiger partial charge in [0.1, 0.15) is 6.54 Å². The largest absolute Gasteiger partial charge is 0.367 e. The highest BCUT2D eigenvalue weighted by atomic mass is 19.3. The Morgan fingerprint density at radius 1 is 1.45 bits per heavy atom. The fourth-order valence-electron chi connectivity index (χ4n) is 2.52. The van der Waals surface area contributed by atoms with Crippen molar-refractivity contribution < 1.29 is 19.1 Å². The summed E-state index contributed by atoms with van der Waals surface area (Å²) in [4.78, 5) is 31.5. The highest BCUT2D eigenvalue weighted by molar-refractivity contribution is 5.84. The first-order chi connectivity index (χ1) is 9.70. The van der Waals surface area contributed by atoms with E-state index in [1.807, 2.05) is 12.1 Å². The number of carbonyl (C=O) groups is 2. The van der Waals surface area contributed by atoms with Gasteiger partial charge < -0.3 is 4.90 Å². The summed E-state index contributed by atoms with van der Waals surface area (Å²) in [6, 6.07) is 3.84. The van der Waals surface area contributed by atoms with E-state index < -0.39 is 5.97 Å². The molecule has 1 aromatic heterocycles. The number of halogens is 1. The summed E-state index contributed by atoms with van der Waals surface area (Å²) < 4.78 is 11.7. The molecule has 1 saturated heterocycles. The van der Waals surface area contributed by atoms with Gasteiger partial charge in [0.05, 0.1) is 0 Å². The fourth-order valence-corrected chi connectivity index (χ4v) is 2.52. The molecule has 108 valence electrons. The van der Waals surface area contributed by atoms with Gasteiger partial charge in [0.25, 0.3) is 0 Å². The molecule has 0 spiro atoms. The SMILES string of the molecule is O=C(CN1CCCC(CCc2ccncc2)C1=O)OF. The molecule has 1 amide bonds. The van der Waals surface area contributed by atoms with Gasteiger partial charge in [-0.1, -0.05) is 0 Å². The summed E-state index contributed by atoms with van der Waals surface area (Å²) in [7, 11) is 0. The van der Waals surface area contributed by atoms with E-state index in [4.69, 9.17) is 0 Å². The number of pyridine rings is 1. The van der Waals surface area contributed by atoms with E-state index in [1.165, 1.54) is 4.90 Å². The Kier molecular flexibility index (Phi) is 5.03. The number of piperidine rings is 1. The summed E-state index contributed by atoms with van der Waals surface area (Å²) in [5.74, 6) is -1.21. The van der Waals surface area contributed by atoms with Crippen LogP contribution < -0.4 is 0 Å². The fraction of sp³-hybridized carbons (Fsp3) is 0.500. The van der Waals surface area contributed by atoms with E-state index >= 15 is 0 Å². The van der Waals surface area contributed by atoms with Crippen molar-refractivity contribution in [3.8, 4) is 0 Å². The Morgan fingerprint density at radius 2 is 2.20 bits per heavy atom. The van der Waals surface area contributed by atoms with Crippen molar-refractivity contribution >= 4 is 11.9 Å². The van der Waals surface area contributed by atoms with E-state index in [0.717, 1.165) is 31.2 Å². The molecule has 1 atom stereocenters. The normalized spacial score (nSPS) is 18.9. The summed E-state index contributed by atoms with van der Waals surface area (Å²) in [5.41, 5.74) is 1.13. The van der Waals surface area contributed by atoms with Gasteiger partial charge in [-0.05, 0) is 43.4 Å². The number of carbonyl (C=O) groups excluding carboxylic acids is 2. The molecule has 0 N–H and O–H groups in total. The van der Waals surface area contributed by atoms with Crippen LogP contribution in [0.3, 0.4) is 0 Å². The first-order valence-electron chi connectivity index (χ1n) is 6.70. The lowest BCUT2D eigenvalue weighted by Gasteiger charge is -2.31. The molecule has 20 heavy (non-hydrogen) atoms. The molecule has 1 aromatic rings. The molecule has 2 rings (SSSR count). The Hall–Kier alpha value is -1.98. The highest BCUT2D eigenvalue weighted by Crippen LogP contribution is 2.22. The van der Waals surface area contributed by atoms with Gasteiger partial charge in [0.15, 0.2) is 0 Å². The number of aryl methyl sites for hydroxylation is 1. The average molecular weight is 280 g/mol. The number of hydrogen-bond donors (Lipinski definition) is 0. The second kappa shape index (κ2) is 6.98. The molecule has 0 radical (unpaired) electrons. The number of hydrogen-bond acceptors (Lipinski definition) is 4. The van der Waals surface area contributed by atoms with Crippen LogP contribution in [0, 0.1) is 5.92 Å². The van der Waals surface area contributed by atoms with Gasteiger partial charge in [0, 0.05) is 29.4 Å². The van der Waals surface area contributed by atoms with Gasteiger partial charge in [-0.3, -0.25) is 14.7 Å². The van der Waals surface area contributed by atoms with Gasteiger partial charge >= 0.3 is 5.97 Å². The van der Waals surface area contributed by atoms with Crippen molar-refractivity contribution in [3.63, 3.8) is 0 Å². The van der Waals surface area contributed by atoms with Crippen LogP contribution in [0.2, 0.25) is 0 Å². The third-order valence-corrected chi connectivity index (χ3v) is 3.58. The van der Waals surface area contributed by atoms with E-state index in [1.54, 1.807) is 12.4 Å². The molecule has 5 nitrogen and oxygen atoms in total. The average Bonchev–Trinajstić information content (AvgIpc) is 2.49. The Labute approximate surface area is 116 Å². The molecule has 0 aromatic carbocycles. The standard InChI is InChI=1S/C14H17FN2O3/c15-20-13(18)10-17-9-1-2-12(14(17)19)4-3-11-5-7-16-8-6-11/h5-8,12H,1-4,9-10H2. The Morgan fingerprint density at radius 3 is 2.90 bits per heavy atom. The topological polar surface area (TPSA) is 59.5 Å². The Bertz CT molecular complexity index is 467. The number of rotatable bonds is 5. The number of aromatic nitrogens is 1. The van der Waals surface area contributed by atoms with E-state index in [2.05, 4.69) is 9.93 Å². The van der Waals surface area contributed by atoms with Crippen molar-refractivity contribution in [2.24, 2.45) is 5.92 Å². The molecule has 2 heterocycles. The molecule has 0 saturated carbocycles. The van der Waals surface area contributed by atoms with E-state index in [9.17, 15) is 14.1 Å². The zero-order valence-corrected chi connectivity index (χ0v) is 11.1. The summed E-state index contributed by atoms with van der Waals surface area (Å²) >= 11 is 0. The lowest BCUT2D eigenvalue weighted by molar-refractivity contribution is -0.186. The molecular formula is C14H17FN2O3. The predicted molar refractivity (Wildman–Crippen MR) is 69.1 cm³/mol. The third kappa shape index (κ3) is 3.76. The van der Waals surface area contributed by atoms with Gasteiger partial charge in [-0.25, -0.2) is 4.79 Å². The molecule has 1 fully saturated rings. The molecule has 6 heteroatoms. The zero-order chi connectivity index (χ0) is 14.4. The lowest BCUT2D eigenvalue weighted by atomic mass is 9.91. The molecule has 0 aliphatic carbocycles. The summed E-state index contributed by atoms with van der Waals surface area (Å²) in [6.07, 6.45) is 6.60. The maximum Gasteiger partial charge on any atom is 0.367 e. The van der Waals surface area contributed by atoms with Crippen LogP contribution in [0.15, 0.2) is 24.5 Å². The monoisotopic (exact) mass is 280 g/mol. The molecule has 1 aliphatic heterocycles. The molecular weight excluding hydrogens is 263 g/mol. The van der Waals surface area contributed by atoms with Crippen LogP contribution in [0.1, 0.15) is 24.8 Å². The van der Waals surface area contributed by atoms with Gasteiger partial charge in [-0.15, -0.1) is 0 Å². The summed E-state index contributed by atoms with van der Waals surface area (Å²) in [6.45, 7) is 0.181. The van der Waals surface area contributed by atoms with Gasteiger partial charge in [0.2, 0.25) is 5.91 Å². The van der Waals surface area contributed by atoms with Crippen molar-refractivity contribution in [1.82, 2.24) is 9.88 Å². The Balaban J connectivity index is 1.88. The third-order valence-electron chi connectivity index (χ3n) is 3.58. The quantitative estimate of drug-likeness (QED) is 0.823. The second-order valence-corrected chi connectivity index (χ2v) is 4.94. The zero-order valence-electron chi connectivity index (χ0n) is 11.1. The minimum atomic E-state index is -1.02. The van der Waals surface area contributed by atoms with Crippen LogP contribution in [0.4, 0.5) is 4.53 Å². The second-order valence-electron chi connectivity index (χ2n) is 4.94. The number of likely N-dealkylation sites (tertiary alicyclic amines) is 1. The highest BCUT2D eigenvalue weighted by Gasteiger charge is 2.30. The minimum absolute atomic E-state index is 0.0873. The van der Waals surface area contributed by atoms with Gasteiger partial charge in [-0.2, -0.15) is 0 Å². The van der Waals surface area contributed by atoms with Crippen LogP contribution >= 0.6 is 0 Å². The number of amides is 1. The van der Waals surface area contributed by atoms with Crippen molar-refractivity contribution in [3.05, 3.63) is 30.1 Å². The first kappa shape index (κ1) is 14.4. The summed E-state index contributed by atoms with van der Waals surface area (Å²) in [5, 5.41) is 0.